The third kappa shape index (κ3) is 4.18. The molecule has 0 saturated carbocycles. The SMILES string of the molecule is CN=C(NCc1c(F)cccc1Cl)N(C)Cc1csc(C)n1. The summed E-state index contributed by atoms with van der Waals surface area (Å²) in [5, 5.41) is 6.58. The predicted molar refractivity (Wildman–Crippen MR) is 89.9 cm³/mol. The molecule has 4 nitrogen and oxygen atoms in total. The summed E-state index contributed by atoms with van der Waals surface area (Å²) in [7, 11) is 3.60. The number of hydrogen-bond acceptors (Lipinski definition) is 3. The summed E-state index contributed by atoms with van der Waals surface area (Å²) >= 11 is 7.64. The smallest absolute Gasteiger partial charge is 0.194 e. The lowest BCUT2D eigenvalue weighted by atomic mass is 10.2. The summed E-state index contributed by atoms with van der Waals surface area (Å²) in [5.74, 6) is 0.332. The lowest BCUT2D eigenvalue weighted by Gasteiger charge is -2.21. The van der Waals surface area contributed by atoms with Crippen molar-refractivity contribution in [1.29, 1.82) is 0 Å². The van der Waals surface area contributed by atoms with Gasteiger partial charge in [-0.15, -0.1) is 11.3 Å². The Bertz CT molecular complexity index is 651. The fourth-order valence-electron chi connectivity index (χ4n) is 2.05. The number of nitrogens with one attached hydrogen (secondary N) is 1. The number of aryl methyl sites for hydroxylation is 1. The molecule has 2 aromatic rings. The molecule has 1 N–H and O–H groups in total. The molecule has 2 rings (SSSR count). The van der Waals surface area contributed by atoms with Crippen molar-refractivity contribution < 1.29 is 4.39 Å². The van der Waals surface area contributed by atoms with Crippen molar-refractivity contribution in [3.05, 3.63) is 50.7 Å². The first kappa shape index (κ1) is 16.7. The highest BCUT2D eigenvalue weighted by molar-refractivity contribution is 7.09. The molecule has 1 heterocycles. The van der Waals surface area contributed by atoms with E-state index in [9.17, 15) is 4.39 Å². The van der Waals surface area contributed by atoms with Crippen LogP contribution in [0.4, 0.5) is 4.39 Å². The molecular weight excluding hydrogens is 323 g/mol. The molecule has 0 aliphatic heterocycles. The zero-order valence-corrected chi connectivity index (χ0v) is 14.3. The number of aromatic nitrogens is 1. The number of halogens is 2. The number of rotatable bonds is 4. The highest BCUT2D eigenvalue weighted by Gasteiger charge is 2.11. The number of thiazole rings is 1. The minimum absolute atomic E-state index is 0.276. The van der Waals surface area contributed by atoms with Gasteiger partial charge >= 0.3 is 0 Å². The van der Waals surface area contributed by atoms with Crippen LogP contribution in [0.25, 0.3) is 0 Å². The quantitative estimate of drug-likeness (QED) is 0.684. The summed E-state index contributed by atoms with van der Waals surface area (Å²) in [6, 6.07) is 4.66. The molecule has 0 aliphatic carbocycles. The van der Waals surface area contributed by atoms with E-state index in [0.717, 1.165) is 10.7 Å². The van der Waals surface area contributed by atoms with Crippen molar-refractivity contribution in [2.75, 3.05) is 14.1 Å². The maximum absolute atomic E-state index is 13.8. The average molecular weight is 341 g/mol. The molecule has 1 aromatic heterocycles. The first-order valence-electron chi connectivity index (χ1n) is 6.77. The summed E-state index contributed by atoms with van der Waals surface area (Å²) in [6.45, 7) is 2.88. The van der Waals surface area contributed by atoms with E-state index in [1.54, 1.807) is 30.5 Å². The molecular formula is C15H18ClFN4S. The summed E-state index contributed by atoms with van der Waals surface area (Å²) in [6.07, 6.45) is 0. The van der Waals surface area contributed by atoms with Gasteiger partial charge in [-0.1, -0.05) is 17.7 Å². The molecule has 0 unspecified atom stereocenters. The van der Waals surface area contributed by atoms with Crippen molar-refractivity contribution in [2.24, 2.45) is 4.99 Å². The standard InChI is InChI=1S/C15H18ClFN4S/c1-10-20-11(9-22-10)8-21(3)15(18-2)19-7-12-13(16)5-4-6-14(12)17/h4-6,9H,7-8H2,1-3H3,(H,18,19). The van der Waals surface area contributed by atoms with Gasteiger partial charge in [-0.05, 0) is 19.1 Å². The van der Waals surface area contributed by atoms with E-state index in [-0.39, 0.29) is 12.4 Å². The predicted octanol–water partition coefficient (Wildman–Crippen LogP) is 3.45. The highest BCUT2D eigenvalue weighted by atomic mass is 35.5. The largest absolute Gasteiger partial charge is 0.352 e. The zero-order chi connectivity index (χ0) is 16.1. The Hall–Kier alpha value is -1.66. The number of benzene rings is 1. The van der Waals surface area contributed by atoms with Gasteiger partial charge in [-0.2, -0.15) is 0 Å². The molecule has 0 atom stereocenters. The number of hydrogen-bond donors (Lipinski definition) is 1. The molecule has 0 fully saturated rings. The summed E-state index contributed by atoms with van der Waals surface area (Å²) in [5.41, 5.74) is 1.42. The second kappa shape index (κ2) is 7.56. The Morgan fingerprint density at radius 2 is 2.27 bits per heavy atom. The second-order valence-electron chi connectivity index (χ2n) is 4.81. The fourth-order valence-corrected chi connectivity index (χ4v) is 2.89. The fraction of sp³-hybridized carbons (Fsp3) is 0.333. The van der Waals surface area contributed by atoms with Gasteiger partial charge in [-0.25, -0.2) is 9.37 Å². The lowest BCUT2D eigenvalue weighted by molar-refractivity contribution is 0.469. The van der Waals surface area contributed by atoms with E-state index in [0.29, 0.717) is 23.1 Å². The van der Waals surface area contributed by atoms with Crippen LogP contribution >= 0.6 is 22.9 Å². The Kier molecular flexibility index (Phi) is 5.74. The van der Waals surface area contributed by atoms with Crippen molar-refractivity contribution in [3.63, 3.8) is 0 Å². The van der Waals surface area contributed by atoms with Gasteiger partial charge in [0.15, 0.2) is 5.96 Å². The Balaban J connectivity index is 2.00. The van der Waals surface area contributed by atoms with Crippen LogP contribution in [0.3, 0.4) is 0 Å². The van der Waals surface area contributed by atoms with E-state index in [4.69, 9.17) is 11.6 Å². The third-order valence-electron chi connectivity index (χ3n) is 3.12. The van der Waals surface area contributed by atoms with Gasteiger partial charge < -0.3 is 10.2 Å². The van der Waals surface area contributed by atoms with E-state index >= 15 is 0 Å². The van der Waals surface area contributed by atoms with Gasteiger partial charge in [-0.3, -0.25) is 4.99 Å². The van der Waals surface area contributed by atoms with Crippen molar-refractivity contribution in [1.82, 2.24) is 15.2 Å². The van der Waals surface area contributed by atoms with E-state index < -0.39 is 0 Å². The lowest BCUT2D eigenvalue weighted by Crippen LogP contribution is -2.38. The molecule has 0 radical (unpaired) electrons. The second-order valence-corrected chi connectivity index (χ2v) is 6.28. The Morgan fingerprint density at radius 1 is 1.50 bits per heavy atom. The Morgan fingerprint density at radius 3 is 2.86 bits per heavy atom. The van der Waals surface area contributed by atoms with Crippen LogP contribution in [0, 0.1) is 12.7 Å². The van der Waals surface area contributed by atoms with E-state index in [2.05, 4.69) is 15.3 Å². The molecule has 0 amide bonds. The Labute approximate surface area is 138 Å². The summed E-state index contributed by atoms with van der Waals surface area (Å²) < 4.78 is 13.8. The minimum Gasteiger partial charge on any atom is -0.352 e. The topological polar surface area (TPSA) is 40.5 Å². The monoisotopic (exact) mass is 340 g/mol. The number of guanidine groups is 1. The van der Waals surface area contributed by atoms with Gasteiger partial charge in [0, 0.05) is 36.6 Å². The molecule has 0 aliphatic rings. The van der Waals surface area contributed by atoms with Crippen LogP contribution in [0.15, 0.2) is 28.6 Å². The van der Waals surface area contributed by atoms with E-state index in [1.807, 2.05) is 24.3 Å². The van der Waals surface area contributed by atoms with E-state index in [1.165, 1.54) is 6.07 Å². The molecule has 0 saturated heterocycles. The van der Waals surface area contributed by atoms with Crippen LogP contribution in [-0.4, -0.2) is 29.9 Å². The minimum atomic E-state index is -0.326. The summed E-state index contributed by atoms with van der Waals surface area (Å²) in [4.78, 5) is 10.6. The third-order valence-corrected chi connectivity index (χ3v) is 4.30. The van der Waals surface area contributed by atoms with Gasteiger partial charge in [0.1, 0.15) is 5.82 Å². The van der Waals surface area contributed by atoms with Crippen molar-refractivity contribution >= 4 is 28.9 Å². The van der Waals surface area contributed by atoms with Gasteiger partial charge in [0.25, 0.3) is 0 Å². The first-order chi connectivity index (χ1) is 10.5. The van der Waals surface area contributed by atoms with Crippen LogP contribution in [-0.2, 0) is 13.1 Å². The maximum Gasteiger partial charge on any atom is 0.194 e. The van der Waals surface area contributed by atoms with Crippen molar-refractivity contribution in [2.45, 2.75) is 20.0 Å². The number of aliphatic imine (C=N–C) groups is 1. The molecule has 1 aromatic carbocycles. The molecule has 7 heteroatoms. The highest BCUT2D eigenvalue weighted by Crippen LogP contribution is 2.18. The molecule has 118 valence electrons. The molecule has 0 spiro atoms. The first-order valence-corrected chi connectivity index (χ1v) is 8.02. The van der Waals surface area contributed by atoms with Crippen LogP contribution in [0.5, 0.6) is 0 Å². The molecule has 0 bridgehead atoms. The van der Waals surface area contributed by atoms with Crippen LogP contribution in [0.2, 0.25) is 5.02 Å². The normalized spacial score (nSPS) is 11.6. The van der Waals surface area contributed by atoms with Gasteiger partial charge in [0.05, 0.1) is 17.2 Å². The maximum atomic E-state index is 13.8. The van der Waals surface area contributed by atoms with Crippen LogP contribution < -0.4 is 5.32 Å². The average Bonchev–Trinajstić information content (AvgIpc) is 2.87. The van der Waals surface area contributed by atoms with Crippen molar-refractivity contribution in [3.8, 4) is 0 Å². The zero-order valence-electron chi connectivity index (χ0n) is 12.7. The number of nitrogens with zero attached hydrogens (tertiary/aromatic N) is 3. The van der Waals surface area contributed by atoms with Crippen LogP contribution in [0.1, 0.15) is 16.3 Å². The molecule has 22 heavy (non-hydrogen) atoms. The van der Waals surface area contributed by atoms with Gasteiger partial charge in [0.2, 0.25) is 0 Å².